The molecular weight excluding hydrogens is 467 g/mol. The molecule has 0 saturated carbocycles. The smallest absolute Gasteiger partial charge is 0.224 e. The first kappa shape index (κ1) is 22.8. The van der Waals surface area contributed by atoms with Crippen LogP contribution in [0.3, 0.4) is 0 Å². The van der Waals surface area contributed by atoms with Crippen LogP contribution in [0.2, 0.25) is 0 Å². The molecule has 1 saturated heterocycles. The second kappa shape index (κ2) is 8.88. The summed E-state index contributed by atoms with van der Waals surface area (Å²) in [6.45, 7) is 14.2. The minimum Gasteiger partial charge on any atom is -0.492 e. The number of rotatable bonds is 5. The summed E-state index contributed by atoms with van der Waals surface area (Å²) in [5.74, 6) is 1.87. The zero-order valence-electron chi connectivity index (χ0n) is 17.6. The SMILES string of the molecule is CCNC(=NCCOc1ccc2c(c1)CCC(=O)N2)N1CC(C)(C)C1(C)C.I. The van der Waals surface area contributed by atoms with Gasteiger partial charge in [-0.05, 0) is 51.0 Å². The van der Waals surface area contributed by atoms with Gasteiger partial charge in [0.15, 0.2) is 5.96 Å². The van der Waals surface area contributed by atoms with Crippen molar-refractivity contribution in [3.05, 3.63) is 23.8 Å². The Kier molecular flexibility index (Phi) is 7.22. The Hall–Kier alpha value is -1.51. The zero-order valence-corrected chi connectivity index (χ0v) is 19.9. The van der Waals surface area contributed by atoms with E-state index in [2.05, 4.69) is 50.2 Å². The number of anilines is 1. The Labute approximate surface area is 185 Å². The number of benzene rings is 1. The molecular formula is C21H33IN4O2. The first-order valence-electron chi connectivity index (χ1n) is 9.86. The summed E-state index contributed by atoms with van der Waals surface area (Å²) in [7, 11) is 0. The number of amides is 1. The second-order valence-electron chi connectivity index (χ2n) is 8.48. The minimum absolute atomic E-state index is 0. The number of ether oxygens (including phenoxy) is 1. The van der Waals surface area contributed by atoms with Crippen LogP contribution in [0.1, 0.15) is 46.6 Å². The largest absolute Gasteiger partial charge is 0.492 e. The van der Waals surface area contributed by atoms with Crippen LogP contribution in [0.25, 0.3) is 0 Å². The van der Waals surface area contributed by atoms with Gasteiger partial charge in [-0.25, -0.2) is 4.99 Å². The fourth-order valence-corrected chi connectivity index (χ4v) is 3.56. The molecule has 2 aliphatic heterocycles. The van der Waals surface area contributed by atoms with Gasteiger partial charge in [0.1, 0.15) is 12.4 Å². The Morgan fingerprint density at radius 2 is 2.04 bits per heavy atom. The van der Waals surface area contributed by atoms with Crippen LogP contribution < -0.4 is 15.4 Å². The standard InChI is InChI=1S/C21H32N4O2.HI/c1-6-22-19(25-14-20(2,3)21(25,4)5)23-11-12-27-16-8-9-17-15(13-16)7-10-18(26)24-17;/h8-9,13H,6-7,10-12,14H2,1-5H3,(H,22,23)(H,24,26);1H. The molecule has 3 rings (SSSR count). The Balaban J connectivity index is 0.00000280. The lowest BCUT2D eigenvalue weighted by Crippen LogP contribution is -2.72. The Bertz CT molecular complexity index is 746. The maximum absolute atomic E-state index is 11.4. The molecule has 0 aliphatic carbocycles. The van der Waals surface area contributed by atoms with Crippen LogP contribution in [0.15, 0.2) is 23.2 Å². The molecule has 0 bridgehead atoms. The van der Waals surface area contributed by atoms with E-state index in [-0.39, 0.29) is 40.8 Å². The van der Waals surface area contributed by atoms with Gasteiger partial charge in [-0.3, -0.25) is 4.79 Å². The molecule has 0 atom stereocenters. The summed E-state index contributed by atoms with van der Waals surface area (Å²) in [6, 6.07) is 5.84. The van der Waals surface area contributed by atoms with E-state index in [0.29, 0.717) is 19.6 Å². The molecule has 1 aromatic rings. The average molecular weight is 500 g/mol. The van der Waals surface area contributed by atoms with E-state index in [4.69, 9.17) is 9.73 Å². The number of hydrogen-bond acceptors (Lipinski definition) is 3. The van der Waals surface area contributed by atoms with E-state index < -0.39 is 0 Å². The van der Waals surface area contributed by atoms with Crippen molar-refractivity contribution in [3.8, 4) is 5.75 Å². The van der Waals surface area contributed by atoms with Crippen LogP contribution in [-0.4, -0.2) is 48.5 Å². The Morgan fingerprint density at radius 3 is 2.68 bits per heavy atom. The van der Waals surface area contributed by atoms with Crippen LogP contribution >= 0.6 is 24.0 Å². The number of hydrogen-bond donors (Lipinski definition) is 2. The van der Waals surface area contributed by atoms with Crippen LogP contribution in [0.5, 0.6) is 5.75 Å². The van der Waals surface area contributed by atoms with E-state index in [1.165, 1.54) is 0 Å². The maximum Gasteiger partial charge on any atom is 0.224 e. The fourth-order valence-electron chi connectivity index (χ4n) is 3.56. The van der Waals surface area contributed by atoms with Crippen LogP contribution in [0.4, 0.5) is 5.69 Å². The highest BCUT2D eigenvalue weighted by Gasteiger charge is 2.53. The topological polar surface area (TPSA) is 66.0 Å². The predicted molar refractivity (Wildman–Crippen MR) is 125 cm³/mol. The molecule has 6 nitrogen and oxygen atoms in total. The molecule has 28 heavy (non-hydrogen) atoms. The molecule has 0 radical (unpaired) electrons. The van der Waals surface area contributed by atoms with Gasteiger partial charge in [-0.15, -0.1) is 24.0 Å². The number of guanidine groups is 1. The predicted octanol–water partition coefficient (Wildman–Crippen LogP) is 3.65. The highest BCUT2D eigenvalue weighted by atomic mass is 127. The monoisotopic (exact) mass is 500 g/mol. The zero-order chi connectivity index (χ0) is 19.7. The highest BCUT2D eigenvalue weighted by Crippen LogP contribution is 2.46. The van der Waals surface area contributed by atoms with Gasteiger partial charge >= 0.3 is 0 Å². The first-order valence-corrected chi connectivity index (χ1v) is 9.86. The molecule has 0 unspecified atom stereocenters. The van der Waals surface area contributed by atoms with Crippen molar-refractivity contribution in [3.63, 3.8) is 0 Å². The molecule has 7 heteroatoms. The quantitative estimate of drug-likeness (QED) is 0.281. The van der Waals surface area contributed by atoms with E-state index in [1.807, 2.05) is 18.2 Å². The lowest BCUT2D eigenvalue weighted by Gasteiger charge is -2.62. The number of nitrogens with one attached hydrogen (secondary N) is 2. The van der Waals surface area contributed by atoms with Crippen molar-refractivity contribution < 1.29 is 9.53 Å². The van der Waals surface area contributed by atoms with Crippen LogP contribution in [-0.2, 0) is 11.2 Å². The van der Waals surface area contributed by atoms with E-state index in [9.17, 15) is 4.79 Å². The van der Waals surface area contributed by atoms with Gasteiger partial charge < -0.3 is 20.3 Å². The van der Waals surface area contributed by atoms with Gasteiger partial charge in [0.25, 0.3) is 0 Å². The number of aliphatic imine (C=N–C) groups is 1. The molecule has 156 valence electrons. The Morgan fingerprint density at radius 1 is 1.29 bits per heavy atom. The van der Waals surface area contributed by atoms with Gasteiger partial charge in [0.2, 0.25) is 5.91 Å². The lowest BCUT2D eigenvalue weighted by molar-refractivity contribution is -0.116. The molecule has 2 N–H and O–H groups in total. The van der Waals surface area contributed by atoms with Crippen molar-refractivity contribution in [1.29, 1.82) is 0 Å². The summed E-state index contributed by atoms with van der Waals surface area (Å²) in [4.78, 5) is 18.5. The summed E-state index contributed by atoms with van der Waals surface area (Å²) in [6.07, 6.45) is 1.30. The van der Waals surface area contributed by atoms with Crippen molar-refractivity contribution in [2.45, 2.75) is 53.0 Å². The number of carbonyl (C=O) groups is 1. The number of nitrogens with zero attached hydrogens (tertiary/aromatic N) is 2. The van der Waals surface area contributed by atoms with E-state index in [1.54, 1.807) is 0 Å². The van der Waals surface area contributed by atoms with E-state index in [0.717, 1.165) is 42.5 Å². The van der Waals surface area contributed by atoms with Gasteiger partial charge in [-0.2, -0.15) is 0 Å². The number of aryl methyl sites for hydroxylation is 1. The minimum atomic E-state index is 0. The first-order chi connectivity index (χ1) is 12.7. The van der Waals surface area contributed by atoms with Gasteiger partial charge in [0, 0.05) is 36.2 Å². The number of halogens is 1. The summed E-state index contributed by atoms with van der Waals surface area (Å²) < 4.78 is 5.89. The van der Waals surface area contributed by atoms with E-state index >= 15 is 0 Å². The summed E-state index contributed by atoms with van der Waals surface area (Å²) in [5.41, 5.74) is 2.39. The summed E-state index contributed by atoms with van der Waals surface area (Å²) >= 11 is 0. The van der Waals surface area contributed by atoms with Gasteiger partial charge in [0.05, 0.1) is 6.54 Å². The molecule has 1 amide bonds. The molecule has 2 aliphatic rings. The highest BCUT2D eigenvalue weighted by molar-refractivity contribution is 14.0. The molecule has 0 spiro atoms. The summed E-state index contributed by atoms with van der Waals surface area (Å²) in [5, 5.41) is 6.29. The lowest BCUT2D eigenvalue weighted by atomic mass is 9.65. The number of likely N-dealkylation sites (tertiary alicyclic amines) is 1. The average Bonchev–Trinajstić information content (AvgIpc) is 2.62. The fraction of sp³-hybridized carbons (Fsp3) is 0.619. The third kappa shape index (κ3) is 4.55. The molecule has 2 heterocycles. The third-order valence-electron chi connectivity index (χ3n) is 6.07. The normalized spacial score (nSPS) is 19.7. The van der Waals surface area contributed by atoms with Crippen LogP contribution in [0, 0.1) is 5.41 Å². The molecule has 1 aromatic carbocycles. The molecule has 1 fully saturated rings. The van der Waals surface area contributed by atoms with Crippen molar-refractivity contribution in [2.24, 2.45) is 10.4 Å². The van der Waals surface area contributed by atoms with Gasteiger partial charge in [-0.1, -0.05) is 13.8 Å². The van der Waals surface area contributed by atoms with Crippen molar-refractivity contribution in [2.75, 3.05) is 31.6 Å². The number of fused-ring (bicyclic) bond motifs is 1. The molecule has 0 aromatic heterocycles. The third-order valence-corrected chi connectivity index (χ3v) is 6.07. The van der Waals surface area contributed by atoms with Crippen molar-refractivity contribution >= 4 is 41.5 Å². The maximum atomic E-state index is 11.4. The number of carbonyl (C=O) groups excluding carboxylic acids is 1. The second-order valence-corrected chi connectivity index (χ2v) is 8.48. The van der Waals surface area contributed by atoms with Crippen molar-refractivity contribution in [1.82, 2.24) is 10.2 Å².